The van der Waals surface area contributed by atoms with E-state index in [-0.39, 0.29) is 23.9 Å². The molecule has 2 aromatic carbocycles. The van der Waals surface area contributed by atoms with E-state index < -0.39 is 0 Å². The Bertz CT molecular complexity index is 1200. The van der Waals surface area contributed by atoms with Crippen LogP contribution in [0, 0.1) is 5.41 Å². The van der Waals surface area contributed by atoms with Crippen molar-refractivity contribution in [2.45, 2.75) is 39.8 Å². The molecule has 0 bridgehead atoms. The number of nitrogens with zero attached hydrogens (tertiary/aromatic N) is 3. The monoisotopic (exact) mass is 460 g/mol. The van der Waals surface area contributed by atoms with Crippen molar-refractivity contribution in [3.8, 4) is 0 Å². The highest BCUT2D eigenvalue weighted by molar-refractivity contribution is 6.36. The minimum atomic E-state index is -0.183. The number of para-hydroxylation sites is 1. The normalized spacial score (nSPS) is 11.1. The van der Waals surface area contributed by atoms with E-state index in [4.69, 9.17) is 28.6 Å². The van der Waals surface area contributed by atoms with Gasteiger partial charge in [-0.15, -0.1) is 0 Å². The van der Waals surface area contributed by atoms with Crippen LogP contribution in [-0.4, -0.2) is 39.3 Å². The molecule has 6 nitrogen and oxygen atoms in total. The third-order valence-corrected chi connectivity index (χ3v) is 6.05. The van der Waals surface area contributed by atoms with Crippen LogP contribution in [0.15, 0.2) is 36.4 Å². The number of aryl methyl sites for hydroxylation is 2. The van der Waals surface area contributed by atoms with E-state index in [1.165, 1.54) is 6.92 Å². The molecule has 0 spiro atoms. The number of imidazole rings is 1. The maximum absolute atomic E-state index is 13.0. The van der Waals surface area contributed by atoms with Gasteiger partial charge in [0.25, 0.3) is 0 Å². The standard InChI is InChI=1S/C23H26Cl2N4O2/c1-4-16-7-5-8-20-22(16)28(12-6-11-27(3)15(2)30)23(26)29(20)14-21(31)18-10-9-17(24)13-19(18)25/h5,7-10,13,26H,4,6,11-12,14H2,1-3H3. The second-order valence-corrected chi connectivity index (χ2v) is 8.38. The van der Waals surface area contributed by atoms with E-state index in [9.17, 15) is 9.59 Å². The number of carbonyl (C=O) groups excluding carboxylic acids is 2. The fourth-order valence-corrected chi connectivity index (χ4v) is 4.22. The Morgan fingerprint density at radius 1 is 1.13 bits per heavy atom. The summed E-state index contributed by atoms with van der Waals surface area (Å²) in [4.78, 5) is 26.2. The summed E-state index contributed by atoms with van der Waals surface area (Å²) in [7, 11) is 1.77. The summed E-state index contributed by atoms with van der Waals surface area (Å²) < 4.78 is 3.65. The van der Waals surface area contributed by atoms with Crippen LogP contribution in [0.3, 0.4) is 0 Å². The zero-order chi connectivity index (χ0) is 22.7. The summed E-state index contributed by atoms with van der Waals surface area (Å²) in [6, 6.07) is 10.7. The average molecular weight is 461 g/mol. The second-order valence-electron chi connectivity index (χ2n) is 7.54. The summed E-state index contributed by atoms with van der Waals surface area (Å²) in [5, 5.41) is 9.57. The van der Waals surface area contributed by atoms with Gasteiger partial charge in [-0.3, -0.25) is 15.0 Å². The Labute approximate surface area is 191 Å². The van der Waals surface area contributed by atoms with E-state index in [2.05, 4.69) is 6.92 Å². The largest absolute Gasteiger partial charge is 0.346 e. The fourth-order valence-electron chi connectivity index (χ4n) is 3.70. The molecule has 0 aliphatic heterocycles. The highest BCUT2D eigenvalue weighted by Crippen LogP contribution is 2.23. The number of halogens is 2. The molecule has 3 rings (SSSR count). The van der Waals surface area contributed by atoms with Gasteiger partial charge in [-0.1, -0.05) is 42.3 Å². The summed E-state index contributed by atoms with van der Waals surface area (Å²) in [6.45, 7) is 4.79. The molecule has 3 aromatic rings. The van der Waals surface area contributed by atoms with E-state index in [0.717, 1.165) is 23.0 Å². The zero-order valence-electron chi connectivity index (χ0n) is 17.9. The highest BCUT2D eigenvalue weighted by atomic mass is 35.5. The van der Waals surface area contributed by atoms with Crippen molar-refractivity contribution in [2.24, 2.45) is 0 Å². The number of benzene rings is 2. The third-order valence-electron chi connectivity index (χ3n) is 5.50. The van der Waals surface area contributed by atoms with Gasteiger partial charge in [-0.2, -0.15) is 0 Å². The minimum Gasteiger partial charge on any atom is -0.346 e. The van der Waals surface area contributed by atoms with Gasteiger partial charge < -0.3 is 14.0 Å². The molecule has 1 aromatic heterocycles. The third kappa shape index (κ3) is 4.86. The highest BCUT2D eigenvalue weighted by Gasteiger charge is 2.18. The Morgan fingerprint density at radius 3 is 2.52 bits per heavy atom. The first-order chi connectivity index (χ1) is 14.7. The molecule has 0 radical (unpaired) electrons. The zero-order valence-corrected chi connectivity index (χ0v) is 19.4. The SMILES string of the molecule is CCc1cccc2c1n(CCCN(C)C(C)=O)c(=N)n2CC(=O)c1ccc(Cl)cc1Cl. The van der Waals surface area contributed by atoms with Gasteiger partial charge in [0.15, 0.2) is 5.78 Å². The van der Waals surface area contributed by atoms with Crippen molar-refractivity contribution in [2.75, 3.05) is 13.6 Å². The Kier molecular flexibility index (Phi) is 7.23. The molecule has 0 saturated heterocycles. The molecule has 1 heterocycles. The average Bonchev–Trinajstić information content (AvgIpc) is 2.99. The van der Waals surface area contributed by atoms with Gasteiger partial charge >= 0.3 is 0 Å². The molecule has 31 heavy (non-hydrogen) atoms. The van der Waals surface area contributed by atoms with Crippen LogP contribution in [0.5, 0.6) is 0 Å². The fraction of sp³-hybridized carbons (Fsp3) is 0.348. The van der Waals surface area contributed by atoms with E-state index in [1.54, 1.807) is 34.7 Å². The van der Waals surface area contributed by atoms with Crippen molar-refractivity contribution in [3.05, 3.63) is 63.2 Å². The number of carbonyl (C=O) groups is 2. The Balaban J connectivity index is 2.00. The Morgan fingerprint density at radius 2 is 1.87 bits per heavy atom. The topological polar surface area (TPSA) is 71.1 Å². The molecule has 1 N–H and O–H groups in total. The number of hydrogen-bond donors (Lipinski definition) is 1. The number of fused-ring (bicyclic) bond motifs is 1. The van der Waals surface area contributed by atoms with E-state index in [0.29, 0.717) is 35.1 Å². The lowest BCUT2D eigenvalue weighted by molar-refractivity contribution is -0.127. The van der Waals surface area contributed by atoms with Crippen molar-refractivity contribution in [3.63, 3.8) is 0 Å². The number of rotatable bonds is 8. The smallest absolute Gasteiger partial charge is 0.219 e. The molecule has 0 aliphatic rings. The first-order valence-corrected chi connectivity index (χ1v) is 11.0. The molecular weight excluding hydrogens is 435 g/mol. The summed E-state index contributed by atoms with van der Waals surface area (Å²) in [5.41, 5.74) is 3.54. The lowest BCUT2D eigenvalue weighted by atomic mass is 10.1. The van der Waals surface area contributed by atoms with Gasteiger partial charge in [0.05, 0.1) is 22.6 Å². The van der Waals surface area contributed by atoms with Crippen LogP contribution < -0.4 is 5.62 Å². The van der Waals surface area contributed by atoms with Crippen LogP contribution in [0.2, 0.25) is 10.0 Å². The first kappa shape index (κ1) is 23.1. The predicted molar refractivity (Wildman–Crippen MR) is 124 cm³/mol. The van der Waals surface area contributed by atoms with E-state index >= 15 is 0 Å². The maximum atomic E-state index is 13.0. The van der Waals surface area contributed by atoms with Crippen LogP contribution in [0.25, 0.3) is 11.0 Å². The van der Waals surface area contributed by atoms with Crippen LogP contribution in [0.4, 0.5) is 0 Å². The van der Waals surface area contributed by atoms with Crippen molar-refractivity contribution >= 4 is 45.9 Å². The summed E-state index contributed by atoms with van der Waals surface area (Å²) in [5.74, 6) is -0.171. The molecule has 164 valence electrons. The van der Waals surface area contributed by atoms with Crippen molar-refractivity contribution < 1.29 is 9.59 Å². The molecular formula is C23H26Cl2N4O2. The minimum absolute atomic E-state index is 0.00417. The van der Waals surface area contributed by atoms with Gasteiger partial charge in [-0.25, -0.2) is 0 Å². The first-order valence-electron chi connectivity index (χ1n) is 10.2. The van der Waals surface area contributed by atoms with Gasteiger partial charge in [0.2, 0.25) is 11.5 Å². The molecule has 1 amide bonds. The number of hydrogen-bond acceptors (Lipinski definition) is 3. The molecule has 0 fully saturated rings. The quantitative estimate of drug-likeness (QED) is 0.501. The lowest BCUT2D eigenvalue weighted by Crippen LogP contribution is -2.30. The van der Waals surface area contributed by atoms with Crippen LogP contribution in [0.1, 0.15) is 36.2 Å². The number of ketones is 1. The maximum Gasteiger partial charge on any atom is 0.219 e. The number of nitrogens with one attached hydrogen (secondary N) is 1. The number of Topliss-reactive ketones (excluding diaryl/α,β-unsaturated/α-hetero) is 1. The van der Waals surface area contributed by atoms with Crippen LogP contribution >= 0.6 is 23.2 Å². The predicted octanol–water partition coefficient (Wildman–Crippen LogP) is 4.54. The molecule has 0 atom stereocenters. The molecule has 8 heteroatoms. The lowest BCUT2D eigenvalue weighted by Gasteiger charge is -2.15. The van der Waals surface area contributed by atoms with E-state index in [1.807, 2.05) is 22.8 Å². The molecule has 0 saturated carbocycles. The van der Waals surface area contributed by atoms with Crippen molar-refractivity contribution in [1.82, 2.24) is 14.0 Å². The summed E-state index contributed by atoms with van der Waals surface area (Å²) >= 11 is 12.2. The number of amides is 1. The Hall–Kier alpha value is -2.57. The van der Waals surface area contributed by atoms with Crippen LogP contribution in [-0.2, 0) is 24.3 Å². The van der Waals surface area contributed by atoms with Gasteiger partial charge in [0, 0.05) is 37.6 Å². The summed E-state index contributed by atoms with van der Waals surface area (Å²) in [6.07, 6.45) is 1.52. The van der Waals surface area contributed by atoms with Gasteiger partial charge in [0.1, 0.15) is 0 Å². The second kappa shape index (κ2) is 9.71. The van der Waals surface area contributed by atoms with Crippen molar-refractivity contribution in [1.29, 1.82) is 5.41 Å². The number of aromatic nitrogens is 2. The molecule has 0 unspecified atom stereocenters. The molecule has 0 aliphatic carbocycles. The van der Waals surface area contributed by atoms with Gasteiger partial charge in [-0.05, 0) is 42.7 Å².